The number of nitrogens with zero attached hydrogens (tertiary/aromatic N) is 7. The fraction of sp³-hybridized carbons (Fsp3) is 0.469. The Morgan fingerprint density at radius 3 is 2.68 bits per heavy atom. The van der Waals surface area contributed by atoms with E-state index < -0.39 is 6.23 Å². The van der Waals surface area contributed by atoms with Gasteiger partial charge in [-0.1, -0.05) is 43.0 Å². The van der Waals surface area contributed by atoms with Crippen molar-refractivity contribution in [3.8, 4) is 12.1 Å². The predicted octanol–water partition coefficient (Wildman–Crippen LogP) is 3.82. The summed E-state index contributed by atoms with van der Waals surface area (Å²) in [6.07, 6.45) is 1.85. The fourth-order valence-electron chi connectivity index (χ4n) is 5.61. The Morgan fingerprint density at radius 2 is 1.93 bits per heavy atom. The summed E-state index contributed by atoms with van der Waals surface area (Å²) in [6.45, 7) is 11.8. The van der Waals surface area contributed by atoms with Gasteiger partial charge in [0, 0.05) is 54.4 Å². The van der Waals surface area contributed by atoms with E-state index in [2.05, 4.69) is 83.7 Å². The first-order chi connectivity index (χ1) is 19.7. The van der Waals surface area contributed by atoms with E-state index in [1.807, 2.05) is 19.0 Å². The van der Waals surface area contributed by atoms with E-state index in [1.54, 1.807) is 0 Å². The van der Waals surface area contributed by atoms with Gasteiger partial charge < -0.3 is 24.5 Å². The number of hydrogen-bond donors (Lipinski definition) is 1. The summed E-state index contributed by atoms with van der Waals surface area (Å²) < 4.78 is 6.27. The summed E-state index contributed by atoms with van der Waals surface area (Å²) in [4.78, 5) is 18.6. The molecular weight excluding hydrogens is 514 g/mol. The highest BCUT2D eigenvalue weighted by atomic mass is 16.5. The van der Waals surface area contributed by atoms with Gasteiger partial charge in [0.05, 0.1) is 24.7 Å². The number of aromatic nitrogens is 2. The van der Waals surface area contributed by atoms with Gasteiger partial charge >= 0.3 is 6.01 Å². The van der Waals surface area contributed by atoms with Crippen molar-refractivity contribution in [3.63, 3.8) is 0 Å². The maximum absolute atomic E-state index is 10.5. The van der Waals surface area contributed by atoms with Crippen LogP contribution >= 0.6 is 0 Å². The third-order valence-electron chi connectivity index (χ3n) is 8.60. The fourth-order valence-corrected chi connectivity index (χ4v) is 5.61. The van der Waals surface area contributed by atoms with Crippen molar-refractivity contribution in [3.05, 3.63) is 66.4 Å². The lowest BCUT2D eigenvalue weighted by atomic mass is 10.0. The molecular formula is C32H41N7O2. The summed E-state index contributed by atoms with van der Waals surface area (Å²) in [6, 6.07) is 17.5. The van der Waals surface area contributed by atoms with E-state index in [0.717, 1.165) is 30.0 Å². The Labute approximate surface area is 243 Å². The predicted molar refractivity (Wildman–Crippen MR) is 163 cm³/mol. The summed E-state index contributed by atoms with van der Waals surface area (Å²) in [5.41, 5.74) is 3.11. The molecule has 0 spiro atoms. The van der Waals surface area contributed by atoms with Crippen LogP contribution in [0.4, 0.5) is 11.5 Å². The van der Waals surface area contributed by atoms with Crippen molar-refractivity contribution in [1.29, 1.82) is 5.26 Å². The number of piperazine rings is 1. The Kier molecular flexibility index (Phi) is 8.45. The van der Waals surface area contributed by atoms with Crippen molar-refractivity contribution in [2.45, 2.75) is 51.0 Å². The third kappa shape index (κ3) is 6.01. The Morgan fingerprint density at radius 1 is 1.15 bits per heavy atom. The molecule has 1 N–H and O–H groups in total. The van der Waals surface area contributed by atoms with Crippen molar-refractivity contribution < 1.29 is 9.84 Å². The molecule has 3 aromatic rings. The molecule has 0 saturated carbocycles. The lowest BCUT2D eigenvalue weighted by Crippen LogP contribution is -2.56. The smallest absolute Gasteiger partial charge is 0.318 e. The third-order valence-corrected chi connectivity index (χ3v) is 8.60. The van der Waals surface area contributed by atoms with Crippen LogP contribution in [0.15, 0.2) is 55.1 Å². The average molecular weight is 556 g/mol. The number of nitriles is 1. The molecule has 2 aromatic carbocycles. The van der Waals surface area contributed by atoms with Gasteiger partial charge in [0.1, 0.15) is 18.7 Å². The summed E-state index contributed by atoms with van der Waals surface area (Å²) in [5.74, 6) is 0.876. The van der Waals surface area contributed by atoms with Crippen LogP contribution in [-0.4, -0.2) is 89.6 Å². The van der Waals surface area contributed by atoms with Gasteiger partial charge in [-0.25, -0.2) is 0 Å². The van der Waals surface area contributed by atoms with Crippen LogP contribution in [0.25, 0.3) is 10.8 Å². The van der Waals surface area contributed by atoms with E-state index in [-0.39, 0.29) is 11.6 Å². The van der Waals surface area contributed by atoms with Gasteiger partial charge in [0.15, 0.2) is 0 Å². The van der Waals surface area contributed by atoms with Crippen LogP contribution in [0.2, 0.25) is 0 Å². The Bertz CT molecular complexity index is 1430. The van der Waals surface area contributed by atoms with Crippen LogP contribution in [0.1, 0.15) is 31.5 Å². The number of anilines is 2. The lowest BCUT2D eigenvalue weighted by Gasteiger charge is -2.43. The molecule has 1 fully saturated rings. The van der Waals surface area contributed by atoms with E-state index >= 15 is 0 Å². The molecule has 5 rings (SSSR count). The van der Waals surface area contributed by atoms with E-state index in [9.17, 15) is 10.4 Å². The SMILES string of the molecule is C=CC(O)N1CCN(c2nc(OCC(C)(C)N(C)C)nc3c2CCN(c2cccc4ccccc24)C3)CC1CC#N. The number of rotatable bonds is 9. The van der Waals surface area contributed by atoms with Crippen molar-refractivity contribution in [2.24, 2.45) is 0 Å². The second-order valence-corrected chi connectivity index (χ2v) is 11.8. The van der Waals surface area contributed by atoms with Crippen molar-refractivity contribution in [2.75, 3.05) is 56.7 Å². The van der Waals surface area contributed by atoms with Crippen LogP contribution in [0.5, 0.6) is 6.01 Å². The van der Waals surface area contributed by atoms with Crippen molar-refractivity contribution >= 4 is 22.3 Å². The molecule has 3 heterocycles. The molecule has 41 heavy (non-hydrogen) atoms. The number of fused-ring (bicyclic) bond motifs is 2. The van der Waals surface area contributed by atoms with Crippen LogP contribution in [0.3, 0.4) is 0 Å². The minimum Gasteiger partial charge on any atom is -0.461 e. The van der Waals surface area contributed by atoms with Gasteiger partial charge in [0.2, 0.25) is 0 Å². The molecule has 1 saturated heterocycles. The van der Waals surface area contributed by atoms with Gasteiger partial charge in [-0.2, -0.15) is 15.2 Å². The average Bonchev–Trinajstić information content (AvgIpc) is 2.98. The number of hydrogen-bond acceptors (Lipinski definition) is 9. The molecule has 216 valence electrons. The lowest BCUT2D eigenvalue weighted by molar-refractivity contribution is 0.00430. The van der Waals surface area contributed by atoms with Gasteiger partial charge in [0.25, 0.3) is 0 Å². The number of likely N-dealkylation sites (N-methyl/N-ethyl adjacent to an activating group) is 1. The largest absolute Gasteiger partial charge is 0.461 e. The van der Waals surface area contributed by atoms with Crippen LogP contribution in [-0.2, 0) is 13.0 Å². The Hall–Kier alpha value is -3.71. The molecule has 0 radical (unpaired) electrons. The van der Waals surface area contributed by atoms with Crippen molar-refractivity contribution in [1.82, 2.24) is 19.8 Å². The highest BCUT2D eigenvalue weighted by Gasteiger charge is 2.34. The standard InChI is InChI=1S/C32H41N7O2/c1-6-29(40)39-19-18-38(20-24(39)14-16-33)30-26-15-17-37(28-13-9-11-23-10-7-8-12-25(23)28)21-27(26)34-31(35-30)41-22-32(2,3)36(4)5/h6-13,24,29,40H,1,14-15,17-22H2,2-5H3. The first kappa shape index (κ1) is 28.8. The molecule has 2 atom stereocenters. The van der Waals surface area contributed by atoms with E-state index in [4.69, 9.17) is 14.7 Å². The molecule has 1 aromatic heterocycles. The zero-order valence-electron chi connectivity index (χ0n) is 24.6. The maximum Gasteiger partial charge on any atom is 0.318 e. The molecule has 2 unspecified atom stereocenters. The zero-order valence-corrected chi connectivity index (χ0v) is 24.6. The first-order valence-corrected chi connectivity index (χ1v) is 14.3. The van der Waals surface area contributed by atoms with E-state index in [0.29, 0.717) is 45.2 Å². The normalized spacial score (nSPS) is 18.7. The monoisotopic (exact) mass is 555 g/mol. The maximum atomic E-state index is 10.5. The molecule has 2 aliphatic rings. The minimum absolute atomic E-state index is 0.139. The summed E-state index contributed by atoms with van der Waals surface area (Å²) in [7, 11) is 4.08. The summed E-state index contributed by atoms with van der Waals surface area (Å²) >= 11 is 0. The quantitative estimate of drug-likeness (QED) is 0.396. The van der Waals surface area contributed by atoms with Gasteiger partial charge in [-0.05, 0) is 51.9 Å². The minimum atomic E-state index is -0.781. The number of benzene rings is 2. The molecule has 0 bridgehead atoms. The molecule has 9 heteroatoms. The van der Waals surface area contributed by atoms with Gasteiger partial charge in [-0.15, -0.1) is 0 Å². The number of aliphatic hydroxyl groups is 1. The van der Waals surface area contributed by atoms with Gasteiger partial charge in [-0.3, -0.25) is 4.90 Å². The highest BCUT2D eigenvalue weighted by Crippen LogP contribution is 2.35. The molecule has 0 aliphatic carbocycles. The zero-order chi connectivity index (χ0) is 29.1. The Balaban J connectivity index is 1.50. The van der Waals surface area contributed by atoms with E-state index in [1.165, 1.54) is 22.5 Å². The number of ether oxygens (including phenoxy) is 1. The second kappa shape index (κ2) is 12.0. The number of aliphatic hydroxyl groups excluding tert-OH is 1. The molecule has 9 nitrogen and oxygen atoms in total. The first-order valence-electron chi connectivity index (χ1n) is 14.3. The molecule has 0 amide bonds. The topological polar surface area (TPSA) is 92.0 Å². The highest BCUT2D eigenvalue weighted by molar-refractivity contribution is 5.94. The second-order valence-electron chi connectivity index (χ2n) is 11.8. The van der Waals surface area contributed by atoms with Crippen LogP contribution in [0, 0.1) is 11.3 Å². The summed E-state index contributed by atoms with van der Waals surface area (Å²) in [5, 5.41) is 22.5. The van der Waals surface area contributed by atoms with Crippen LogP contribution < -0.4 is 14.5 Å². The molecule has 2 aliphatic heterocycles.